The molecule has 0 aliphatic rings. The standard InChI is InChI=1S/C19H19N3O5S/c1-19(2,3)27-18(24)22-28(25,26)14-6-4-5-12(9-14)13-7-8-16-15(10-13)17(23)21-11-20-16/h4-11H,1-3H3,(H,22,24)(H,20,21,23). The van der Waals surface area contributed by atoms with Gasteiger partial charge in [-0.15, -0.1) is 0 Å². The molecule has 1 heterocycles. The number of aromatic nitrogens is 2. The van der Waals surface area contributed by atoms with Crippen molar-refractivity contribution in [3.05, 3.63) is 59.1 Å². The van der Waals surface area contributed by atoms with E-state index in [0.717, 1.165) is 0 Å². The summed E-state index contributed by atoms with van der Waals surface area (Å²) in [6.07, 6.45) is 0.265. The van der Waals surface area contributed by atoms with Gasteiger partial charge >= 0.3 is 6.09 Å². The Balaban J connectivity index is 1.95. The van der Waals surface area contributed by atoms with Crippen LogP contribution < -0.4 is 10.3 Å². The minimum atomic E-state index is -4.12. The topological polar surface area (TPSA) is 118 Å². The molecule has 0 spiro atoms. The van der Waals surface area contributed by atoms with E-state index < -0.39 is 21.7 Å². The van der Waals surface area contributed by atoms with E-state index in [1.165, 1.54) is 18.5 Å². The van der Waals surface area contributed by atoms with E-state index in [1.807, 2.05) is 4.72 Å². The molecule has 0 radical (unpaired) electrons. The maximum Gasteiger partial charge on any atom is 0.421 e. The molecule has 2 aromatic carbocycles. The largest absolute Gasteiger partial charge is 0.443 e. The van der Waals surface area contributed by atoms with Crippen LogP contribution in [0.4, 0.5) is 4.79 Å². The third-order valence-corrected chi connectivity index (χ3v) is 5.04. The van der Waals surface area contributed by atoms with E-state index in [1.54, 1.807) is 51.1 Å². The summed E-state index contributed by atoms with van der Waals surface area (Å²) in [5, 5.41) is 0.389. The minimum absolute atomic E-state index is 0.101. The number of sulfonamides is 1. The van der Waals surface area contributed by atoms with Gasteiger partial charge in [-0.05, 0) is 56.2 Å². The highest BCUT2D eigenvalue weighted by atomic mass is 32.2. The Morgan fingerprint density at radius 1 is 1.11 bits per heavy atom. The molecule has 2 N–H and O–H groups in total. The number of nitrogens with one attached hydrogen (secondary N) is 2. The van der Waals surface area contributed by atoms with Gasteiger partial charge in [0, 0.05) is 0 Å². The predicted octanol–water partition coefficient (Wildman–Crippen LogP) is 2.80. The number of fused-ring (bicyclic) bond motifs is 1. The maximum absolute atomic E-state index is 12.5. The van der Waals surface area contributed by atoms with E-state index >= 15 is 0 Å². The van der Waals surface area contributed by atoms with Crippen molar-refractivity contribution in [2.45, 2.75) is 31.3 Å². The number of ether oxygens (including phenoxy) is 1. The number of hydrogen-bond donors (Lipinski definition) is 2. The second-order valence-electron chi connectivity index (χ2n) is 7.10. The normalized spacial score (nSPS) is 12.0. The minimum Gasteiger partial charge on any atom is -0.443 e. The van der Waals surface area contributed by atoms with E-state index in [4.69, 9.17) is 4.74 Å². The SMILES string of the molecule is CC(C)(C)OC(=O)NS(=O)(=O)c1cccc(-c2ccc3nc[nH]c(=O)c3c2)c1. The van der Waals surface area contributed by atoms with Crippen molar-refractivity contribution in [1.29, 1.82) is 0 Å². The number of aromatic amines is 1. The number of carbonyl (C=O) groups excluding carboxylic acids is 1. The fourth-order valence-corrected chi connectivity index (χ4v) is 3.48. The summed E-state index contributed by atoms with van der Waals surface area (Å²) < 4.78 is 31.9. The van der Waals surface area contributed by atoms with Gasteiger partial charge in [-0.3, -0.25) is 4.79 Å². The molecule has 0 saturated heterocycles. The van der Waals surface area contributed by atoms with Crippen LogP contribution in [0.2, 0.25) is 0 Å². The average molecular weight is 401 g/mol. The number of rotatable bonds is 3. The van der Waals surface area contributed by atoms with Crippen LogP contribution in [0, 0.1) is 0 Å². The van der Waals surface area contributed by atoms with Gasteiger partial charge in [-0.2, -0.15) is 0 Å². The summed E-state index contributed by atoms with van der Waals surface area (Å²) >= 11 is 0. The zero-order chi connectivity index (χ0) is 20.5. The first-order chi connectivity index (χ1) is 13.0. The first-order valence-corrected chi connectivity index (χ1v) is 9.87. The molecule has 0 aliphatic carbocycles. The first kappa shape index (κ1) is 19.6. The van der Waals surface area contributed by atoms with Crippen molar-refractivity contribution in [3.8, 4) is 11.1 Å². The number of carbonyl (C=O) groups is 1. The van der Waals surface area contributed by atoms with Gasteiger partial charge in [-0.25, -0.2) is 22.9 Å². The zero-order valence-corrected chi connectivity index (χ0v) is 16.3. The molecular formula is C19H19N3O5S. The van der Waals surface area contributed by atoms with E-state index in [9.17, 15) is 18.0 Å². The third-order valence-electron chi connectivity index (χ3n) is 3.73. The molecule has 0 aliphatic heterocycles. The van der Waals surface area contributed by atoms with E-state index in [0.29, 0.717) is 22.0 Å². The average Bonchev–Trinajstić information content (AvgIpc) is 2.60. The number of benzene rings is 2. The van der Waals surface area contributed by atoms with Crippen molar-refractivity contribution >= 4 is 27.0 Å². The molecule has 3 rings (SSSR count). The van der Waals surface area contributed by atoms with Gasteiger partial charge in [0.05, 0.1) is 22.1 Å². The van der Waals surface area contributed by atoms with Crippen molar-refractivity contribution < 1.29 is 17.9 Å². The molecule has 0 saturated carbocycles. The fourth-order valence-electron chi connectivity index (χ4n) is 2.56. The highest BCUT2D eigenvalue weighted by Crippen LogP contribution is 2.24. The Hall–Kier alpha value is -3.20. The summed E-state index contributed by atoms with van der Waals surface area (Å²) in [7, 11) is -4.12. The number of nitrogens with zero attached hydrogens (tertiary/aromatic N) is 1. The monoisotopic (exact) mass is 401 g/mol. The predicted molar refractivity (Wildman–Crippen MR) is 104 cm³/mol. The van der Waals surface area contributed by atoms with Gasteiger partial charge in [0.1, 0.15) is 5.60 Å². The summed E-state index contributed by atoms with van der Waals surface area (Å²) in [6.45, 7) is 4.91. The highest BCUT2D eigenvalue weighted by molar-refractivity contribution is 7.90. The van der Waals surface area contributed by atoms with Gasteiger partial charge in [-0.1, -0.05) is 18.2 Å². The first-order valence-electron chi connectivity index (χ1n) is 8.39. The van der Waals surface area contributed by atoms with Gasteiger partial charge in [0.2, 0.25) is 0 Å². The molecule has 0 atom stereocenters. The van der Waals surface area contributed by atoms with Crippen LogP contribution in [0.25, 0.3) is 22.0 Å². The van der Waals surface area contributed by atoms with Crippen LogP contribution in [-0.4, -0.2) is 30.1 Å². The number of H-pyrrole nitrogens is 1. The lowest BCUT2D eigenvalue weighted by molar-refractivity contribution is 0.0570. The zero-order valence-electron chi connectivity index (χ0n) is 15.5. The van der Waals surface area contributed by atoms with Crippen LogP contribution in [-0.2, 0) is 14.8 Å². The van der Waals surface area contributed by atoms with Crippen LogP contribution in [0.5, 0.6) is 0 Å². The second kappa shape index (κ2) is 7.08. The van der Waals surface area contributed by atoms with Gasteiger partial charge in [0.15, 0.2) is 0 Å². The fraction of sp³-hybridized carbons (Fsp3) is 0.211. The van der Waals surface area contributed by atoms with Crippen LogP contribution >= 0.6 is 0 Å². The smallest absolute Gasteiger partial charge is 0.421 e. The van der Waals surface area contributed by atoms with Crippen molar-refractivity contribution in [2.24, 2.45) is 0 Å². The molecule has 28 heavy (non-hydrogen) atoms. The van der Waals surface area contributed by atoms with E-state index in [-0.39, 0.29) is 10.5 Å². The Morgan fingerprint density at radius 2 is 1.82 bits per heavy atom. The van der Waals surface area contributed by atoms with Crippen LogP contribution in [0.3, 0.4) is 0 Å². The molecule has 1 aromatic heterocycles. The lowest BCUT2D eigenvalue weighted by atomic mass is 10.0. The summed E-state index contributed by atoms with van der Waals surface area (Å²) in [5.41, 5.74) is 0.621. The van der Waals surface area contributed by atoms with Gasteiger partial charge < -0.3 is 9.72 Å². The lowest BCUT2D eigenvalue weighted by Crippen LogP contribution is -2.36. The molecule has 0 fully saturated rings. The van der Waals surface area contributed by atoms with Crippen molar-refractivity contribution in [1.82, 2.24) is 14.7 Å². The van der Waals surface area contributed by atoms with Gasteiger partial charge in [0.25, 0.3) is 15.6 Å². The summed E-state index contributed by atoms with van der Waals surface area (Å²) in [4.78, 5) is 30.3. The molecule has 0 unspecified atom stereocenters. The van der Waals surface area contributed by atoms with Crippen molar-refractivity contribution in [2.75, 3.05) is 0 Å². The Bertz CT molecular complexity index is 1210. The van der Waals surface area contributed by atoms with Crippen LogP contribution in [0.15, 0.2) is 58.5 Å². The lowest BCUT2D eigenvalue weighted by Gasteiger charge is -2.19. The maximum atomic E-state index is 12.5. The molecule has 0 bridgehead atoms. The molecule has 3 aromatic rings. The Kier molecular flexibility index (Phi) is 4.95. The molecular weight excluding hydrogens is 382 g/mol. The Labute approximate surface area is 161 Å². The summed E-state index contributed by atoms with van der Waals surface area (Å²) in [5.74, 6) is 0. The molecule has 9 heteroatoms. The Morgan fingerprint density at radius 3 is 2.54 bits per heavy atom. The molecule has 146 valence electrons. The van der Waals surface area contributed by atoms with E-state index in [2.05, 4.69) is 9.97 Å². The highest BCUT2D eigenvalue weighted by Gasteiger charge is 2.23. The number of hydrogen-bond acceptors (Lipinski definition) is 6. The quantitative estimate of drug-likeness (QED) is 0.697. The van der Waals surface area contributed by atoms with Crippen molar-refractivity contribution in [3.63, 3.8) is 0 Å². The summed E-state index contributed by atoms with van der Waals surface area (Å²) in [6, 6.07) is 11.1. The van der Waals surface area contributed by atoms with Crippen LogP contribution in [0.1, 0.15) is 20.8 Å². The second-order valence-corrected chi connectivity index (χ2v) is 8.78. The third kappa shape index (κ3) is 4.37. The molecule has 1 amide bonds. The molecule has 8 nitrogen and oxygen atoms in total. The number of amides is 1.